The summed E-state index contributed by atoms with van der Waals surface area (Å²) >= 11 is 0. The minimum Gasteiger partial charge on any atom is -0.396 e. The lowest BCUT2D eigenvalue weighted by Crippen LogP contribution is -2.25. The van der Waals surface area contributed by atoms with Crippen LogP contribution in [0, 0.1) is 0 Å². The third kappa shape index (κ3) is 10.1. The number of aliphatic hydroxyl groups excluding tert-OH is 1. The Bertz CT molecular complexity index is 116. The van der Waals surface area contributed by atoms with Crippen molar-refractivity contribution >= 4 is 0 Å². The third-order valence-corrected chi connectivity index (χ3v) is 2.02. The van der Waals surface area contributed by atoms with Crippen LogP contribution in [0.3, 0.4) is 0 Å². The van der Waals surface area contributed by atoms with Gasteiger partial charge in [-0.05, 0) is 39.8 Å². The molecule has 0 saturated carbocycles. The first kappa shape index (κ1) is 14.8. The van der Waals surface area contributed by atoms with E-state index in [-0.39, 0.29) is 12.9 Å². The van der Waals surface area contributed by atoms with E-state index in [0.717, 1.165) is 32.4 Å². The van der Waals surface area contributed by atoms with Crippen molar-refractivity contribution < 1.29 is 14.6 Å². The van der Waals surface area contributed by atoms with Crippen molar-refractivity contribution in [2.45, 2.75) is 39.4 Å². The molecule has 0 unspecified atom stereocenters. The van der Waals surface area contributed by atoms with Gasteiger partial charge >= 0.3 is 0 Å². The van der Waals surface area contributed by atoms with Crippen LogP contribution in [-0.2, 0) is 9.47 Å². The molecule has 92 valence electrons. The van der Waals surface area contributed by atoms with Crippen LogP contribution in [0.1, 0.15) is 33.1 Å². The zero-order chi connectivity index (χ0) is 11.4. The largest absolute Gasteiger partial charge is 0.396 e. The predicted octanol–water partition coefficient (Wildman–Crippen LogP) is 1.14. The molecule has 0 atom stereocenters. The molecule has 2 N–H and O–H groups in total. The molecular formula is C11H25NO3. The van der Waals surface area contributed by atoms with Crippen LogP contribution >= 0.6 is 0 Å². The third-order valence-electron chi connectivity index (χ3n) is 2.02. The molecule has 0 saturated heterocycles. The Morgan fingerprint density at radius 3 is 2.27 bits per heavy atom. The first-order chi connectivity index (χ1) is 7.35. The highest BCUT2D eigenvalue weighted by atomic mass is 16.7. The van der Waals surface area contributed by atoms with Crippen LogP contribution in [0.15, 0.2) is 0 Å². The first-order valence-corrected chi connectivity index (χ1v) is 5.89. The SMILES string of the molecule is CCOC(CCNCCCCO)OCC. The predicted molar refractivity (Wildman–Crippen MR) is 60.8 cm³/mol. The molecule has 0 aliphatic heterocycles. The molecule has 0 aliphatic carbocycles. The van der Waals surface area contributed by atoms with Gasteiger partial charge in [-0.15, -0.1) is 0 Å². The zero-order valence-corrected chi connectivity index (χ0v) is 10.00. The van der Waals surface area contributed by atoms with Crippen LogP contribution in [0.5, 0.6) is 0 Å². The van der Waals surface area contributed by atoms with Gasteiger partial charge in [0.1, 0.15) is 0 Å². The van der Waals surface area contributed by atoms with Crippen molar-refractivity contribution in [2.75, 3.05) is 32.9 Å². The number of aliphatic hydroxyl groups is 1. The Balaban J connectivity index is 3.28. The Morgan fingerprint density at radius 2 is 1.73 bits per heavy atom. The summed E-state index contributed by atoms with van der Waals surface area (Å²) in [4.78, 5) is 0. The molecule has 0 fully saturated rings. The highest BCUT2D eigenvalue weighted by molar-refractivity contribution is 4.52. The van der Waals surface area contributed by atoms with E-state index in [2.05, 4.69) is 5.32 Å². The summed E-state index contributed by atoms with van der Waals surface area (Å²) in [6.45, 7) is 7.45. The normalized spacial score (nSPS) is 11.2. The maximum atomic E-state index is 8.58. The lowest BCUT2D eigenvalue weighted by atomic mass is 10.3. The molecule has 0 aromatic rings. The van der Waals surface area contributed by atoms with E-state index < -0.39 is 0 Å². The van der Waals surface area contributed by atoms with E-state index in [9.17, 15) is 0 Å². The van der Waals surface area contributed by atoms with Crippen molar-refractivity contribution in [3.8, 4) is 0 Å². The molecule has 4 heteroatoms. The van der Waals surface area contributed by atoms with Crippen molar-refractivity contribution in [3.05, 3.63) is 0 Å². The lowest BCUT2D eigenvalue weighted by molar-refractivity contribution is -0.138. The van der Waals surface area contributed by atoms with Gasteiger partial charge in [-0.1, -0.05) is 0 Å². The summed E-state index contributed by atoms with van der Waals surface area (Å²) in [7, 11) is 0. The minimum atomic E-state index is -0.0784. The number of hydrogen-bond donors (Lipinski definition) is 2. The van der Waals surface area contributed by atoms with Crippen LogP contribution in [0.25, 0.3) is 0 Å². The molecule has 0 aromatic heterocycles. The van der Waals surface area contributed by atoms with Gasteiger partial charge in [0.25, 0.3) is 0 Å². The topological polar surface area (TPSA) is 50.7 Å². The fourth-order valence-corrected chi connectivity index (χ4v) is 1.29. The van der Waals surface area contributed by atoms with E-state index >= 15 is 0 Å². The minimum absolute atomic E-state index is 0.0784. The maximum absolute atomic E-state index is 8.58. The lowest BCUT2D eigenvalue weighted by Gasteiger charge is -2.16. The number of rotatable bonds is 11. The Kier molecular flexibility index (Phi) is 11.8. The smallest absolute Gasteiger partial charge is 0.158 e. The summed E-state index contributed by atoms with van der Waals surface area (Å²) in [5.41, 5.74) is 0. The maximum Gasteiger partial charge on any atom is 0.158 e. The highest BCUT2D eigenvalue weighted by Gasteiger charge is 2.06. The number of ether oxygens (including phenoxy) is 2. The molecule has 0 radical (unpaired) electrons. The van der Waals surface area contributed by atoms with Crippen molar-refractivity contribution in [1.82, 2.24) is 5.32 Å². The van der Waals surface area contributed by atoms with E-state index in [0.29, 0.717) is 13.2 Å². The molecular weight excluding hydrogens is 194 g/mol. The number of unbranched alkanes of at least 4 members (excludes halogenated alkanes) is 1. The van der Waals surface area contributed by atoms with Gasteiger partial charge in [-0.25, -0.2) is 0 Å². The van der Waals surface area contributed by atoms with Crippen molar-refractivity contribution in [1.29, 1.82) is 0 Å². The second-order valence-electron chi connectivity index (χ2n) is 3.31. The molecule has 0 spiro atoms. The molecule has 0 aliphatic rings. The monoisotopic (exact) mass is 219 g/mol. The van der Waals surface area contributed by atoms with Gasteiger partial charge in [0.15, 0.2) is 6.29 Å². The summed E-state index contributed by atoms with van der Waals surface area (Å²) in [6.07, 6.45) is 2.68. The van der Waals surface area contributed by atoms with Crippen LogP contribution in [0.2, 0.25) is 0 Å². The molecule has 4 nitrogen and oxygen atoms in total. The van der Waals surface area contributed by atoms with Crippen molar-refractivity contribution in [2.24, 2.45) is 0 Å². The van der Waals surface area contributed by atoms with Crippen molar-refractivity contribution in [3.63, 3.8) is 0 Å². The Morgan fingerprint density at radius 1 is 1.07 bits per heavy atom. The molecule has 0 rings (SSSR count). The zero-order valence-electron chi connectivity index (χ0n) is 10.00. The highest BCUT2D eigenvalue weighted by Crippen LogP contribution is 1.99. The average molecular weight is 219 g/mol. The second-order valence-corrected chi connectivity index (χ2v) is 3.31. The van der Waals surface area contributed by atoms with E-state index in [4.69, 9.17) is 14.6 Å². The summed E-state index contributed by atoms with van der Waals surface area (Å²) in [5, 5.41) is 11.9. The average Bonchev–Trinajstić information content (AvgIpc) is 2.24. The molecule has 0 aromatic carbocycles. The summed E-state index contributed by atoms with van der Waals surface area (Å²) in [5.74, 6) is 0. The van der Waals surface area contributed by atoms with Gasteiger partial charge in [0.05, 0.1) is 0 Å². The number of hydrogen-bond acceptors (Lipinski definition) is 4. The van der Waals surface area contributed by atoms with E-state index in [1.807, 2.05) is 13.8 Å². The summed E-state index contributed by atoms with van der Waals surface area (Å²) < 4.78 is 10.8. The fraction of sp³-hybridized carbons (Fsp3) is 1.00. The van der Waals surface area contributed by atoms with Gasteiger partial charge in [0, 0.05) is 26.2 Å². The van der Waals surface area contributed by atoms with Crippen LogP contribution < -0.4 is 5.32 Å². The first-order valence-electron chi connectivity index (χ1n) is 5.89. The van der Waals surface area contributed by atoms with Crippen LogP contribution in [0.4, 0.5) is 0 Å². The fourth-order valence-electron chi connectivity index (χ4n) is 1.29. The van der Waals surface area contributed by atoms with Gasteiger partial charge < -0.3 is 19.9 Å². The van der Waals surface area contributed by atoms with E-state index in [1.165, 1.54) is 0 Å². The summed E-state index contributed by atoms with van der Waals surface area (Å²) in [6, 6.07) is 0. The van der Waals surface area contributed by atoms with Gasteiger partial charge in [0.2, 0.25) is 0 Å². The molecule has 15 heavy (non-hydrogen) atoms. The standard InChI is InChI=1S/C11H25NO3/c1-3-14-11(15-4-2)7-9-12-8-5-6-10-13/h11-13H,3-10H2,1-2H3. The number of nitrogens with one attached hydrogen (secondary N) is 1. The van der Waals surface area contributed by atoms with Gasteiger partial charge in [-0.2, -0.15) is 0 Å². The van der Waals surface area contributed by atoms with Crippen LogP contribution in [-0.4, -0.2) is 44.3 Å². The quantitative estimate of drug-likeness (QED) is 0.404. The Hall–Kier alpha value is -0.160. The van der Waals surface area contributed by atoms with Gasteiger partial charge in [-0.3, -0.25) is 0 Å². The Labute approximate surface area is 93.0 Å². The van der Waals surface area contributed by atoms with E-state index in [1.54, 1.807) is 0 Å². The second kappa shape index (κ2) is 11.9. The molecule has 0 heterocycles. The molecule has 0 amide bonds. The molecule has 0 bridgehead atoms.